The van der Waals surface area contributed by atoms with E-state index in [-0.39, 0.29) is 123 Å². The average Bonchev–Trinajstić information content (AvgIpc) is 3.25. The molecule has 2 aromatic rings. The second kappa shape index (κ2) is 28.9. The lowest BCUT2D eigenvalue weighted by Gasteiger charge is -2.32. The van der Waals surface area contributed by atoms with Crippen LogP contribution in [0, 0.1) is 3.57 Å². The van der Waals surface area contributed by atoms with E-state index in [1.165, 1.54) is 0 Å². The van der Waals surface area contributed by atoms with Crippen molar-refractivity contribution in [3.05, 3.63) is 68.8 Å². The van der Waals surface area contributed by atoms with E-state index in [2.05, 4.69) is 38.5 Å². The molecule has 1 aliphatic rings. The summed E-state index contributed by atoms with van der Waals surface area (Å²) in [6.45, 7) is 1.63. The third-order valence-corrected chi connectivity index (χ3v) is 11.4. The Labute approximate surface area is 400 Å². The minimum Gasteiger partial charge on any atom is -0.481 e. The molecule has 0 radical (unpaired) electrons. The van der Waals surface area contributed by atoms with Crippen LogP contribution >= 0.6 is 22.6 Å². The van der Waals surface area contributed by atoms with Crippen LogP contribution in [-0.4, -0.2) is 206 Å². The number of carboxylic acid groups (broad SMARTS) is 6. The first-order chi connectivity index (χ1) is 31.8. The van der Waals surface area contributed by atoms with E-state index >= 15 is 0 Å². The standard InChI is InChI=1S/C43H59IN8O15/c44-32-10-6-30(7-11-32)24-52(14-2-1-3-33(41(63)64)46-43(67)47-34(42(65)66)12-13-36(54)55)40(62)31-8-4-29(5-9-31)23-45-35(53)25-48-15-17-49(26-37(56)57)19-21-51(28-39(60)61)22-20-50(18-16-48)27-38(58)59/h4-11,33-34H,1-3,12-28H2,(H,45,53)(H,54,55)(H,56,57)(H,58,59)(H,60,61)(H,63,64)(H,65,66)(H2,46,47,67)/t33?,34-/m1/s1. The maximum atomic E-state index is 13.9. The lowest BCUT2D eigenvalue weighted by Crippen LogP contribution is -2.51. The van der Waals surface area contributed by atoms with Gasteiger partial charge in [0.25, 0.3) is 5.91 Å². The molecule has 368 valence electrons. The van der Waals surface area contributed by atoms with Crippen molar-refractivity contribution >= 4 is 76.3 Å². The Morgan fingerprint density at radius 3 is 1.42 bits per heavy atom. The zero-order chi connectivity index (χ0) is 49.5. The number of carbonyl (C=O) groups is 9. The highest BCUT2D eigenvalue weighted by Gasteiger charge is 2.26. The van der Waals surface area contributed by atoms with E-state index in [0.29, 0.717) is 17.5 Å². The number of halogens is 1. The number of aliphatic carboxylic acids is 6. The van der Waals surface area contributed by atoms with Crippen LogP contribution in [0.2, 0.25) is 0 Å². The Balaban J connectivity index is 1.64. The molecule has 9 N–H and O–H groups in total. The van der Waals surface area contributed by atoms with Crippen LogP contribution in [0.4, 0.5) is 4.79 Å². The Morgan fingerprint density at radius 1 is 0.552 bits per heavy atom. The van der Waals surface area contributed by atoms with Crippen molar-refractivity contribution in [2.24, 2.45) is 0 Å². The third-order valence-electron chi connectivity index (χ3n) is 10.7. The maximum absolute atomic E-state index is 13.9. The molecule has 1 unspecified atom stereocenters. The molecule has 0 aromatic heterocycles. The summed E-state index contributed by atoms with van der Waals surface area (Å²) in [7, 11) is 0. The van der Waals surface area contributed by atoms with Gasteiger partial charge in [0.15, 0.2) is 0 Å². The number of carbonyl (C=O) groups excluding carboxylic acids is 3. The van der Waals surface area contributed by atoms with Crippen molar-refractivity contribution in [1.82, 2.24) is 40.4 Å². The summed E-state index contributed by atoms with van der Waals surface area (Å²) in [6.07, 6.45) is -0.401. The number of hydrogen-bond donors (Lipinski definition) is 9. The largest absolute Gasteiger partial charge is 0.481 e. The van der Waals surface area contributed by atoms with Crippen molar-refractivity contribution < 1.29 is 73.8 Å². The summed E-state index contributed by atoms with van der Waals surface area (Å²) >= 11 is 2.16. The molecule has 1 saturated heterocycles. The molecule has 1 heterocycles. The minimum absolute atomic E-state index is 0.0548. The summed E-state index contributed by atoms with van der Waals surface area (Å²) in [6, 6.07) is 10.2. The van der Waals surface area contributed by atoms with Gasteiger partial charge in [0.1, 0.15) is 12.1 Å². The quantitative estimate of drug-likeness (QED) is 0.0476. The highest BCUT2D eigenvalue weighted by atomic mass is 127. The van der Waals surface area contributed by atoms with Crippen LogP contribution in [0.1, 0.15) is 53.6 Å². The fourth-order valence-electron chi connectivity index (χ4n) is 7.05. The summed E-state index contributed by atoms with van der Waals surface area (Å²) in [5.41, 5.74) is 1.87. The number of carboxylic acids is 6. The molecule has 1 fully saturated rings. The molecule has 1 aliphatic heterocycles. The molecule has 2 aromatic carbocycles. The Hall–Kier alpha value is -5.96. The lowest BCUT2D eigenvalue weighted by molar-refractivity contribution is -0.141. The molecule has 4 amide bonds. The van der Waals surface area contributed by atoms with Gasteiger partial charge in [0.2, 0.25) is 5.91 Å². The molecule has 24 heteroatoms. The van der Waals surface area contributed by atoms with Crippen molar-refractivity contribution in [3.63, 3.8) is 0 Å². The Bertz CT molecular complexity index is 1980. The number of rotatable bonds is 25. The molecule has 2 atom stereocenters. The van der Waals surface area contributed by atoms with Crippen LogP contribution < -0.4 is 16.0 Å². The van der Waals surface area contributed by atoms with E-state index in [1.54, 1.807) is 48.8 Å². The first kappa shape index (κ1) is 55.4. The summed E-state index contributed by atoms with van der Waals surface area (Å²) in [5, 5.41) is 63.5. The van der Waals surface area contributed by atoms with Crippen molar-refractivity contribution in [1.29, 1.82) is 0 Å². The SMILES string of the molecule is O=C(O)CC[C@@H](NC(=O)NC(CCCCN(Cc1ccc(I)cc1)C(=O)c1ccc(CNC(=O)CN2CCN(CC(=O)O)CCN(CC(=O)O)CCN(CC(=O)O)CC2)cc1)C(=O)O)C(=O)O. The molecule has 23 nitrogen and oxygen atoms in total. The number of hydrogen-bond acceptors (Lipinski definition) is 13. The van der Waals surface area contributed by atoms with Crippen LogP contribution in [-0.2, 0) is 46.7 Å². The van der Waals surface area contributed by atoms with Crippen LogP contribution in [0.3, 0.4) is 0 Å². The Kier molecular flexibility index (Phi) is 23.9. The number of unbranched alkanes of at least 4 members (excludes halogenated alkanes) is 1. The average molecular weight is 1050 g/mol. The normalized spacial score (nSPS) is 15.4. The second-order valence-corrected chi connectivity index (χ2v) is 17.2. The Morgan fingerprint density at radius 2 is 0.985 bits per heavy atom. The highest BCUT2D eigenvalue weighted by Crippen LogP contribution is 2.16. The van der Waals surface area contributed by atoms with Crippen molar-refractivity contribution in [3.8, 4) is 0 Å². The summed E-state index contributed by atoms with van der Waals surface area (Å²) in [4.78, 5) is 117. The molecular weight excluding hydrogens is 995 g/mol. The third kappa shape index (κ3) is 22.4. The number of amides is 4. The smallest absolute Gasteiger partial charge is 0.326 e. The van der Waals surface area contributed by atoms with E-state index < -0.39 is 66.8 Å². The molecule has 0 aliphatic carbocycles. The lowest BCUT2D eigenvalue weighted by atomic mass is 10.1. The number of benzene rings is 2. The zero-order valence-corrected chi connectivity index (χ0v) is 39.0. The number of nitrogens with one attached hydrogen (secondary N) is 3. The van der Waals surface area contributed by atoms with E-state index in [1.807, 2.05) is 24.3 Å². The summed E-state index contributed by atoms with van der Waals surface area (Å²) < 4.78 is 0.991. The van der Waals surface area contributed by atoms with Crippen LogP contribution in [0.15, 0.2) is 48.5 Å². The van der Waals surface area contributed by atoms with Gasteiger partial charge in [-0.15, -0.1) is 0 Å². The van der Waals surface area contributed by atoms with E-state index in [4.69, 9.17) is 5.11 Å². The fraction of sp³-hybridized carbons (Fsp3) is 0.512. The van der Waals surface area contributed by atoms with Crippen LogP contribution in [0.25, 0.3) is 0 Å². The second-order valence-electron chi connectivity index (χ2n) is 15.9. The molecule has 0 saturated carbocycles. The van der Waals surface area contributed by atoms with Gasteiger partial charge in [-0.3, -0.25) is 48.4 Å². The van der Waals surface area contributed by atoms with E-state index in [9.17, 15) is 68.7 Å². The van der Waals surface area contributed by atoms with E-state index in [0.717, 1.165) is 9.13 Å². The molecule has 0 spiro atoms. The molecule has 67 heavy (non-hydrogen) atoms. The predicted molar refractivity (Wildman–Crippen MR) is 246 cm³/mol. The van der Waals surface area contributed by atoms with Gasteiger partial charge < -0.3 is 51.5 Å². The van der Waals surface area contributed by atoms with Crippen molar-refractivity contribution in [2.45, 2.75) is 57.3 Å². The van der Waals surface area contributed by atoms with Gasteiger partial charge in [-0.05, 0) is 83.7 Å². The van der Waals surface area contributed by atoms with Gasteiger partial charge in [-0.1, -0.05) is 24.3 Å². The topological polar surface area (TPSA) is 327 Å². The monoisotopic (exact) mass is 1050 g/mol. The van der Waals surface area contributed by atoms with Gasteiger partial charge in [0.05, 0.1) is 26.2 Å². The van der Waals surface area contributed by atoms with Crippen LogP contribution in [0.5, 0.6) is 0 Å². The van der Waals surface area contributed by atoms with Gasteiger partial charge >= 0.3 is 41.8 Å². The van der Waals surface area contributed by atoms with Gasteiger partial charge in [0, 0.05) is 87.5 Å². The first-order valence-corrected chi connectivity index (χ1v) is 22.5. The molecular formula is C43H59IN8O15. The summed E-state index contributed by atoms with van der Waals surface area (Å²) in [5.74, 6) is -7.95. The predicted octanol–water partition coefficient (Wildman–Crippen LogP) is 0.266. The zero-order valence-electron chi connectivity index (χ0n) is 36.9. The molecule has 0 bridgehead atoms. The van der Waals surface area contributed by atoms with Crippen molar-refractivity contribution in [2.75, 3.05) is 85.1 Å². The van der Waals surface area contributed by atoms with Gasteiger partial charge in [-0.2, -0.15) is 0 Å². The number of nitrogens with zero attached hydrogens (tertiary/aromatic N) is 5. The van der Waals surface area contributed by atoms with Gasteiger partial charge in [-0.25, -0.2) is 14.4 Å². The minimum atomic E-state index is -1.55. The maximum Gasteiger partial charge on any atom is 0.326 e. The highest BCUT2D eigenvalue weighted by molar-refractivity contribution is 14.1. The first-order valence-electron chi connectivity index (χ1n) is 21.5. The fourth-order valence-corrected chi connectivity index (χ4v) is 7.41. The molecule has 3 rings (SSSR count). The number of urea groups is 1.